The minimum atomic E-state index is 0.223. The van der Waals surface area contributed by atoms with Gasteiger partial charge < -0.3 is 10.5 Å². The first-order chi connectivity index (χ1) is 6.99. The van der Waals surface area contributed by atoms with Crippen molar-refractivity contribution in [3.63, 3.8) is 0 Å². The molecule has 0 aromatic rings. The predicted molar refractivity (Wildman–Crippen MR) is 63.9 cm³/mol. The van der Waals surface area contributed by atoms with Gasteiger partial charge in [-0.3, -0.25) is 0 Å². The zero-order valence-electron chi connectivity index (χ0n) is 9.16. The normalized spacial score (nSPS) is 27.2. The maximum Gasteiger partial charge on any atom is 0.184 e. The van der Waals surface area contributed by atoms with E-state index in [0.717, 1.165) is 18.4 Å². The monoisotopic (exact) mass is 228 g/mol. The molecule has 4 heteroatoms. The molecular weight excluding hydrogens is 212 g/mol. The van der Waals surface area contributed by atoms with E-state index in [0.29, 0.717) is 10.9 Å². The smallest absolute Gasteiger partial charge is 0.184 e. The van der Waals surface area contributed by atoms with Gasteiger partial charge in [-0.15, -0.1) is 0 Å². The number of ether oxygens (including phenoxy) is 1. The van der Waals surface area contributed by atoms with Gasteiger partial charge in [-0.1, -0.05) is 18.2 Å². The molecule has 0 aromatic carbocycles. The van der Waals surface area contributed by atoms with E-state index in [1.54, 1.807) is 6.20 Å². The Morgan fingerprint density at radius 1 is 1.53 bits per heavy atom. The lowest BCUT2D eigenvalue weighted by molar-refractivity contribution is 0.0885. The topological polar surface area (TPSA) is 47.6 Å². The van der Waals surface area contributed by atoms with Gasteiger partial charge in [0, 0.05) is 19.2 Å². The van der Waals surface area contributed by atoms with Crippen LogP contribution in [0.3, 0.4) is 0 Å². The van der Waals surface area contributed by atoms with Gasteiger partial charge in [0.15, 0.2) is 5.90 Å². The lowest BCUT2D eigenvalue weighted by atomic mass is 9.90. The third-order valence-corrected chi connectivity index (χ3v) is 2.66. The number of allylic oxidation sites excluding steroid dienone is 2. The largest absolute Gasteiger partial charge is 0.478 e. The van der Waals surface area contributed by atoms with Crippen LogP contribution in [0.5, 0.6) is 0 Å². The minimum Gasteiger partial charge on any atom is -0.478 e. The molecule has 15 heavy (non-hydrogen) atoms. The average Bonchev–Trinajstić information content (AvgIpc) is 2.11. The van der Waals surface area contributed by atoms with Crippen LogP contribution in [0.2, 0.25) is 0 Å². The van der Waals surface area contributed by atoms with Crippen molar-refractivity contribution in [3.8, 4) is 0 Å². The number of halogens is 1. The lowest BCUT2D eigenvalue weighted by Gasteiger charge is -2.32. The van der Waals surface area contributed by atoms with Gasteiger partial charge in [0.25, 0.3) is 0 Å². The quantitative estimate of drug-likeness (QED) is 0.459. The fourth-order valence-electron chi connectivity index (χ4n) is 1.23. The Kier molecular flexibility index (Phi) is 4.36. The van der Waals surface area contributed by atoms with E-state index in [1.807, 2.05) is 13.8 Å². The highest BCUT2D eigenvalue weighted by molar-refractivity contribution is 6.31. The number of aliphatic imine (C=N–C) groups is 1. The molecule has 0 spiro atoms. The number of nitrogens with two attached hydrogens (primary N) is 1. The van der Waals surface area contributed by atoms with Crippen LogP contribution in [0.25, 0.3) is 0 Å². The third-order valence-electron chi connectivity index (χ3n) is 2.24. The molecule has 84 valence electrons. The van der Waals surface area contributed by atoms with Crippen molar-refractivity contribution in [3.05, 3.63) is 23.4 Å². The van der Waals surface area contributed by atoms with Crippen LogP contribution in [0.4, 0.5) is 0 Å². The van der Waals surface area contributed by atoms with E-state index in [4.69, 9.17) is 22.1 Å². The Morgan fingerprint density at radius 3 is 2.60 bits per heavy atom. The Bertz CT molecular complexity index is 304. The third kappa shape index (κ3) is 4.06. The van der Waals surface area contributed by atoms with Gasteiger partial charge in [-0.25, -0.2) is 4.99 Å². The van der Waals surface area contributed by atoms with E-state index in [-0.39, 0.29) is 12.1 Å². The highest BCUT2D eigenvalue weighted by atomic mass is 35.5. The van der Waals surface area contributed by atoms with Gasteiger partial charge in [0.1, 0.15) is 6.10 Å². The Labute approximate surface area is 95.7 Å². The van der Waals surface area contributed by atoms with Crippen LogP contribution in [-0.4, -0.2) is 18.0 Å². The number of hydrogen-bond acceptors (Lipinski definition) is 3. The number of rotatable bonds is 3. The van der Waals surface area contributed by atoms with Crippen LogP contribution >= 0.6 is 11.6 Å². The van der Waals surface area contributed by atoms with E-state index in [2.05, 4.69) is 11.6 Å². The van der Waals surface area contributed by atoms with Crippen molar-refractivity contribution in [1.29, 1.82) is 0 Å². The van der Waals surface area contributed by atoms with Crippen LogP contribution in [-0.2, 0) is 4.74 Å². The number of hydrogen-bond donors (Lipinski definition) is 1. The molecular formula is C11H17ClN2O. The van der Waals surface area contributed by atoms with Crippen molar-refractivity contribution in [2.45, 2.75) is 38.8 Å². The molecule has 0 bridgehead atoms. The van der Waals surface area contributed by atoms with E-state index in [9.17, 15) is 0 Å². The Balaban J connectivity index is 2.39. The summed E-state index contributed by atoms with van der Waals surface area (Å²) in [7, 11) is 0. The lowest BCUT2D eigenvalue weighted by Crippen LogP contribution is -2.42. The zero-order chi connectivity index (χ0) is 11.4. The molecule has 2 N–H and O–H groups in total. The molecule has 1 saturated carbocycles. The molecule has 1 aliphatic carbocycles. The second-order valence-electron chi connectivity index (χ2n) is 3.88. The molecule has 1 rings (SSSR count). The second-order valence-corrected chi connectivity index (χ2v) is 4.28. The van der Waals surface area contributed by atoms with Gasteiger partial charge >= 0.3 is 0 Å². The molecule has 0 atom stereocenters. The maximum absolute atomic E-state index is 5.85. The first kappa shape index (κ1) is 12.3. The van der Waals surface area contributed by atoms with Crippen LogP contribution in [0.1, 0.15) is 26.7 Å². The molecule has 1 fully saturated rings. The highest BCUT2D eigenvalue weighted by Crippen LogP contribution is 2.21. The number of nitrogens with zero attached hydrogens (tertiary/aromatic N) is 1. The van der Waals surface area contributed by atoms with E-state index >= 15 is 0 Å². The van der Waals surface area contributed by atoms with Gasteiger partial charge in [-0.05, 0) is 25.3 Å². The van der Waals surface area contributed by atoms with Crippen molar-refractivity contribution >= 4 is 17.5 Å². The Morgan fingerprint density at radius 2 is 2.13 bits per heavy atom. The summed E-state index contributed by atoms with van der Waals surface area (Å²) in [5.74, 6) is 0.617. The zero-order valence-corrected chi connectivity index (χ0v) is 9.92. The minimum absolute atomic E-state index is 0.223. The fourth-order valence-corrected chi connectivity index (χ4v) is 1.28. The van der Waals surface area contributed by atoms with E-state index in [1.165, 1.54) is 0 Å². The first-order valence-corrected chi connectivity index (χ1v) is 5.35. The first-order valence-electron chi connectivity index (χ1n) is 4.97. The van der Waals surface area contributed by atoms with Gasteiger partial charge in [0.05, 0.1) is 5.03 Å². The molecule has 0 radical (unpaired) electrons. The summed E-state index contributed by atoms with van der Waals surface area (Å²) in [5, 5.41) is 0.545. The maximum atomic E-state index is 5.85. The molecule has 0 aliphatic heterocycles. The molecule has 0 unspecified atom stereocenters. The van der Waals surface area contributed by atoms with Crippen molar-refractivity contribution in [1.82, 2.24) is 0 Å². The van der Waals surface area contributed by atoms with Crippen molar-refractivity contribution in [2.75, 3.05) is 0 Å². The van der Waals surface area contributed by atoms with Crippen LogP contribution in [0.15, 0.2) is 28.4 Å². The van der Waals surface area contributed by atoms with Crippen LogP contribution in [0, 0.1) is 0 Å². The summed E-state index contributed by atoms with van der Waals surface area (Å²) < 4.78 is 5.52. The molecule has 3 nitrogen and oxygen atoms in total. The van der Waals surface area contributed by atoms with Crippen LogP contribution < -0.4 is 5.73 Å². The van der Waals surface area contributed by atoms with E-state index < -0.39 is 0 Å². The molecule has 1 aliphatic rings. The highest BCUT2D eigenvalue weighted by Gasteiger charge is 2.27. The van der Waals surface area contributed by atoms with Gasteiger partial charge in [-0.2, -0.15) is 0 Å². The summed E-state index contributed by atoms with van der Waals surface area (Å²) in [6.45, 7) is 7.34. The Hall–Kier alpha value is -0.800. The summed E-state index contributed by atoms with van der Waals surface area (Å²) in [4.78, 5) is 4.09. The molecule has 0 saturated heterocycles. The standard InChI is InChI=1S/C11H17ClN2O/c1-7(2)11(12)6-14-8(3)15-10-4-9(13)5-10/h6,9-10H,1,4-5,13H2,2-3H3/b11-6+,14-8?. The molecule has 0 amide bonds. The van der Waals surface area contributed by atoms with Crippen molar-refractivity contribution in [2.24, 2.45) is 10.7 Å². The SMILES string of the molecule is C=C(C)/C(Cl)=C\N=C(C)OC1CC(N)C1. The predicted octanol–water partition coefficient (Wildman–Crippen LogP) is 2.57. The summed E-state index contributed by atoms with van der Waals surface area (Å²) in [5.41, 5.74) is 6.43. The summed E-state index contributed by atoms with van der Waals surface area (Å²) >= 11 is 5.85. The fraction of sp³-hybridized carbons (Fsp3) is 0.545. The second kappa shape index (κ2) is 5.33. The molecule has 0 heterocycles. The summed E-state index contributed by atoms with van der Waals surface area (Å²) in [6.07, 6.45) is 3.59. The average molecular weight is 229 g/mol. The van der Waals surface area contributed by atoms with Crippen molar-refractivity contribution < 1.29 is 4.74 Å². The van der Waals surface area contributed by atoms with Gasteiger partial charge in [0.2, 0.25) is 0 Å². The summed E-state index contributed by atoms with van der Waals surface area (Å²) in [6, 6.07) is 0.289. The molecule has 0 aromatic heterocycles.